The molecular formula is C49H47N7O6SSi. The minimum atomic E-state index is -3.66. The molecule has 0 bridgehead atoms. The lowest BCUT2D eigenvalue weighted by atomic mass is 10.0. The second kappa shape index (κ2) is 19.8. The number of nitrogens with one attached hydrogen (secondary N) is 2. The second-order valence-corrected chi connectivity index (χ2v) is 23.5. The van der Waals surface area contributed by atoms with E-state index >= 15 is 0 Å². The van der Waals surface area contributed by atoms with Crippen LogP contribution >= 0.6 is 0 Å². The number of nitrogens with zero attached hydrogens (tertiary/aromatic N) is 5. The zero-order chi connectivity index (χ0) is 45.3. The van der Waals surface area contributed by atoms with E-state index in [1.807, 2.05) is 102 Å². The number of carboxylic acid groups (broad SMARTS) is 1. The van der Waals surface area contributed by atoms with Gasteiger partial charge in [0.15, 0.2) is 0 Å². The summed E-state index contributed by atoms with van der Waals surface area (Å²) in [5.74, 6) is -0.198. The van der Waals surface area contributed by atoms with Crippen molar-refractivity contribution in [3.8, 4) is 67.8 Å². The van der Waals surface area contributed by atoms with Crippen LogP contribution in [0.15, 0.2) is 158 Å². The van der Waals surface area contributed by atoms with Crippen molar-refractivity contribution < 1.29 is 27.9 Å². The molecule has 0 atom stereocenters. The predicted octanol–water partition coefficient (Wildman–Crippen LogP) is 9.78. The summed E-state index contributed by atoms with van der Waals surface area (Å²) in [5, 5.41) is 9.59. The van der Waals surface area contributed by atoms with Gasteiger partial charge in [0, 0.05) is 78.4 Å². The SMILES string of the molecule is CS(=O)(=O)NC(=O)c1cccc(-c2nc(-c3ccccc3)[nH]c2-c2ccncc2)c1.C[Si](C)(C)CCOCn1c(-c2ccccc2)nc(-c2ccncc2)c1-c1cccc(C(=O)O)c1. The number of ether oxygens (including phenoxy) is 1. The van der Waals surface area contributed by atoms with Gasteiger partial charge in [0.1, 0.15) is 18.4 Å². The summed E-state index contributed by atoms with van der Waals surface area (Å²) >= 11 is 0. The molecule has 8 rings (SSSR count). The number of carbonyl (C=O) groups is 2. The zero-order valence-electron chi connectivity index (χ0n) is 35.8. The van der Waals surface area contributed by atoms with Crippen molar-refractivity contribution in [2.24, 2.45) is 0 Å². The van der Waals surface area contributed by atoms with Crippen LogP contribution in [0.5, 0.6) is 0 Å². The molecule has 8 aromatic rings. The highest BCUT2D eigenvalue weighted by Crippen LogP contribution is 2.37. The Bertz CT molecular complexity index is 2980. The van der Waals surface area contributed by atoms with Crippen molar-refractivity contribution in [1.29, 1.82) is 0 Å². The van der Waals surface area contributed by atoms with Gasteiger partial charge in [-0.2, -0.15) is 0 Å². The van der Waals surface area contributed by atoms with Crippen LogP contribution in [0.25, 0.3) is 67.8 Å². The van der Waals surface area contributed by atoms with Gasteiger partial charge >= 0.3 is 5.97 Å². The lowest BCUT2D eigenvalue weighted by Crippen LogP contribution is -2.29. The van der Waals surface area contributed by atoms with Gasteiger partial charge in [-0.3, -0.25) is 19.3 Å². The first-order valence-corrected chi connectivity index (χ1v) is 26.0. The number of H-pyrrole nitrogens is 1. The van der Waals surface area contributed by atoms with Crippen LogP contribution < -0.4 is 4.72 Å². The second-order valence-electron chi connectivity index (χ2n) is 16.1. The highest BCUT2D eigenvalue weighted by Gasteiger charge is 2.23. The maximum Gasteiger partial charge on any atom is 0.335 e. The van der Waals surface area contributed by atoms with E-state index in [0.29, 0.717) is 30.4 Å². The third kappa shape index (κ3) is 11.4. The van der Waals surface area contributed by atoms with Crippen LogP contribution in [-0.4, -0.2) is 75.8 Å². The molecule has 0 saturated heterocycles. The molecule has 0 aliphatic carbocycles. The predicted molar refractivity (Wildman–Crippen MR) is 252 cm³/mol. The van der Waals surface area contributed by atoms with Crippen LogP contribution in [0.3, 0.4) is 0 Å². The van der Waals surface area contributed by atoms with Crippen LogP contribution in [0.4, 0.5) is 0 Å². The molecular weight excluding hydrogens is 843 g/mol. The van der Waals surface area contributed by atoms with Gasteiger partial charge in [-0.1, -0.05) is 105 Å². The summed E-state index contributed by atoms with van der Waals surface area (Å²) in [4.78, 5) is 45.4. The summed E-state index contributed by atoms with van der Waals surface area (Å²) in [5.41, 5.74) is 8.60. The highest BCUT2D eigenvalue weighted by molar-refractivity contribution is 7.89. The summed E-state index contributed by atoms with van der Waals surface area (Å²) < 4.78 is 33.0. The number of sulfonamides is 1. The fraction of sp³-hybridized carbons (Fsp3) is 0.143. The Kier molecular flexibility index (Phi) is 13.8. The van der Waals surface area contributed by atoms with Gasteiger partial charge in [-0.25, -0.2) is 27.9 Å². The summed E-state index contributed by atoms with van der Waals surface area (Å²) in [7, 11) is -4.90. The molecule has 15 heteroatoms. The Balaban J connectivity index is 0.000000193. The number of rotatable bonds is 14. The Hall–Kier alpha value is -7.33. The van der Waals surface area contributed by atoms with E-state index in [1.54, 1.807) is 61.2 Å². The number of carboxylic acids is 1. The summed E-state index contributed by atoms with van der Waals surface area (Å²) in [6, 6.07) is 42.0. The van der Waals surface area contributed by atoms with Crippen molar-refractivity contribution in [1.82, 2.24) is 34.2 Å². The van der Waals surface area contributed by atoms with Crippen LogP contribution in [0.2, 0.25) is 25.7 Å². The molecule has 4 aromatic carbocycles. The molecule has 0 spiro atoms. The van der Waals surface area contributed by atoms with E-state index in [-0.39, 0.29) is 11.1 Å². The van der Waals surface area contributed by atoms with Crippen molar-refractivity contribution in [3.05, 3.63) is 169 Å². The molecule has 64 heavy (non-hydrogen) atoms. The van der Waals surface area contributed by atoms with Gasteiger partial charge in [-0.05, 0) is 54.6 Å². The minimum Gasteiger partial charge on any atom is -0.478 e. The fourth-order valence-electron chi connectivity index (χ4n) is 6.80. The number of aromatic nitrogens is 6. The lowest BCUT2D eigenvalue weighted by molar-refractivity contribution is 0.0696. The first-order chi connectivity index (χ1) is 30.7. The molecule has 1 amide bonds. The van der Waals surface area contributed by atoms with Gasteiger partial charge in [0.05, 0.1) is 34.6 Å². The largest absolute Gasteiger partial charge is 0.478 e. The number of carbonyl (C=O) groups excluding carboxylic acids is 1. The van der Waals surface area contributed by atoms with Crippen LogP contribution in [0.1, 0.15) is 20.7 Å². The summed E-state index contributed by atoms with van der Waals surface area (Å²) in [6.45, 7) is 7.97. The van der Waals surface area contributed by atoms with E-state index in [9.17, 15) is 23.1 Å². The van der Waals surface area contributed by atoms with E-state index in [2.05, 4.69) is 39.2 Å². The standard InChI is InChI=1S/C27H29N3O3Si.C22H18N4O3S/c1-34(2,3)17-16-33-19-30-25(22-10-7-11-23(18-22)27(31)32)24(20-12-14-28-15-13-20)29-26(30)21-8-5-4-6-9-21;1-30(28,29)26-22(27)18-9-5-8-17(14-18)20-19(15-10-12-23-13-11-15)24-21(25-20)16-6-3-2-4-7-16/h4-15,18H,16-17,19H2,1-3H3,(H,31,32);2-14H,1H3,(H,24,25)(H,26,27). The smallest absolute Gasteiger partial charge is 0.335 e. The number of hydrogen-bond acceptors (Lipinski definition) is 9. The Morgan fingerprint density at radius 2 is 1.23 bits per heavy atom. The number of aromatic carboxylic acids is 1. The van der Waals surface area contributed by atoms with Gasteiger partial charge in [-0.15, -0.1) is 0 Å². The average Bonchev–Trinajstić information content (AvgIpc) is 3.92. The molecule has 0 radical (unpaired) electrons. The van der Waals surface area contributed by atoms with E-state index < -0.39 is 30.0 Å². The van der Waals surface area contributed by atoms with Crippen molar-refractivity contribution in [2.45, 2.75) is 32.4 Å². The molecule has 0 aliphatic heterocycles. The molecule has 13 nitrogen and oxygen atoms in total. The van der Waals surface area contributed by atoms with Crippen molar-refractivity contribution >= 4 is 30.0 Å². The first-order valence-electron chi connectivity index (χ1n) is 20.4. The molecule has 0 fully saturated rings. The van der Waals surface area contributed by atoms with Crippen molar-refractivity contribution in [3.63, 3.8) is 0 Å². The van der Waals surface area contributed by atoms with E-state index in [1.165, 1.54) is 0 Å². The third-order valence-corrected chi connectivity index (χ3v) is 12.2. The molecule has 0 aliphatic rings. The molecule has 324 valence electrons. The maximum absolute atomic E-state index is 12.3. The topological polar surface area (TPSA) is 182 Å². The number of aromatic amines is 1. The molecule has 3 N–H and O–H groups in total. The molecule has 4 aromatic heterocycles. The zero-order valence-corrected chi connectivity index (χ0v) is 37.6. The summed E-state index contributed by atoms with van der Waals surface area (Å²) in [6.07, 6.45) is 7.79. The van der Waals surface area contributed by atoms with Crippen LogP contribution in [0, 0.1) is 0 Å². The van der Waals surface area contributed by atoms with E-state index in [4.69, 9.17) is 14.7 Å². The lowest BCUT2D eigenvalue weighted by Gasteiger charge is -2.18. The highest BCUT2D eigenvalue weighted by atomic mass is 32.2. The van der Waals surface area contributed by atoms with Gasteiger partial charge < -0.3 is 14.8 Å². The van der Waals surface area contributed by atoms with Crippen LogP contribution in [-0.2, 0) is 21.5 Å². The number of hydrogen-bond donors (Lipinski definition) is 3. The first kappa shape index (κ1) is 44.7. The molecule has 4 heterocycles. The Morgan fingerprint density at radius 3 is 1.84 bits per heavy atom. The molecule has 0 saturated carbocycles. The number of amides is 1. The van der Waals surface area contributed by atoms with Crippen molar-refractivity contribution in [2.75, 3.05) is 12.9 Å². The minimum absolute atomic E-state index is 0.225. The monoisotopic (exact) mass is 889 g/mol. The number of imidazole rings is 2. The Labute approximate surface area is 373 Å². The number of benzene rings is 4. The molecule has 0 unspecified atom stereocenters. The average molecular weight is 890 g/mol. The van der Waals surface area contributed by atoms with Gasteiger partial charge in [0.2, 0.25) is 10.0 Å². The number of pyridine rings is 2. The fourth-order valence-corrected chi connectivity index (χ4v) is 8.01. The normalized spacial score (nSPS) is 11.4. The third-order valence-electron chi connectivity index (χ3n) is 9.95. The van der Waals surface area contributed by atoms with Gasteiger partial charge in [0.25, 0.3) is 5.91 Å². The quantitative estimate of drug-likeness (QED) is 0.0702. The maximum atomic E-state index is 12.3. The Morgan fingerprint density at radius 1 is 0.672 bits per heavy atom. The van der Waals surface area contributed by atoms with E-state index in [0.717, 1.165) is 63.0 Å².